The van der Waals surface area contributed by atoms with Gasteiger partial charge in [0.15, 0.2) is 11.5 Å². The minimum Gasteiger partial charge on any atom is -0.360 e. The van der Waals surface area contributed by atoms with Gasteiger partial charge in [0.2, 0.25) is 0 Å². The van der Waals surface area contributed by atoms with E-state index >= 15 is 0 Å². The molecule has 1 N–H and O–H groups in total. The van der Waals surface area contributed by atoms with Gasteiger partial charge >= 0.3 is 0 Å². The predicted molar refractivity (Wildman–Crippen MR) is 63.1 cm³/mol. The first-order valence-corrected chi connectivity index (χ1v) is 4.95. The maximum atomic E-state index is 8.98. The van der Waals surface area contributed by atoms with E-state index in [-0.39, 0.29) is 0 Å². The van der Waals surface area contributed by atoms with Crippen molar-refractivity contribution in [2.75, 3.05) is 19.0 Å². The highest BCUT2D eigenvalue weighted by Crippen LogP contribution is 2.21. The summed E-state index contributed by atoms with van der Waals surface area (Å²) < 4.78 is 0. The van der Waals surface area contributed by atoms with Crippen LogP contribution in [0.25, 0.3) is 11.4 Å². The fraction of sp³-hybridized carbons (Fsp3) is 0.167. The number of rotatable bonds is 2. The molecule has 0 saturated carbocycles. The number of nitriles is 1. The Morgan fingerprint density at radius 1 is 1.25 bits per heavy atom. The van der Waals surface area contributed by atoms with Crippen LogP contribution in [0.1, 0.15) is 5.69 Å². The van der Waals surface area contributed by atoms with Gasteiger partial charge in [-0.15, -0.1) is 0 Å². The summed E-state index contributed by atoms with van der Waals surface area (Å²) in [7, 11) is 3.73. The minimum atomic E-state index is 0.490. The molecule has 0 aliphatic carbocycles. The summed E-state index contributed by atoms with van der Waals surface area (Å²) in [5.74, 6) is 1.39. The largest absolute Gasteiger partial charge is 0.360 e. The number of nitrogens with zero attached hydrogens (tertiary/aromatic N) is 3. The van der Waals surface area contributed by atoms with Crippen LogP contribution in [0.5, 0.6) is 0 Å². The molecule has 0 atom stereocenters. The summed E-state index contributed by atoms with van der Waals surface area (Å²) >= 11 is 0. The fourth-order valence-electron chi connectivity index (χ4n) is 1.50. The highest BCUT2D eigenvalue weighted by atomic mass is 15.2. The van der Waals surface area contributed by atoms with E-state index in [9.17, 15) is 0 Å². The van der Waals surface area contributed by atoms with E-state index in [2.05, 4.69) is 16.0 Å². The number of hydrogen-bond acceptors (Lipinski definition) is 3. The molecule has 2 rings (SSSR count). The van der Waals surface area contributed by atoms with Gasteiger partial charge in [0, 0.05) is 19.7 Å². The second-order valence-electron chi connectivity index (χ2n) is 3.66. The maximum Gasteiger partial charge on any atom is 0.165 e. The van der Waals surface area contributed by atoms with E-state index in [1.165, 1.54) is 0 Å². The van der Waals surface area contributed by atoms with Gasteiger partial charge in [-0.3, -0.25) is 0 Å². The first-order chi connectivity index (χ1) is 7.72. The number of anilines is 1. The van der Waals surface area contributed by atoms with Crippen LogP contribution in [0, 0.1) is 11.3 Å². The number of hydrogen-bond donors (Lipinski definition) is 1. The highest BCUT2D eigenvalue weighted by Gasteiger charge is 2.12. The Bertz CT molecular complexity index is 520. The molecule has 0 fully saturated rings. The summed E-state index contributed by atoms with van der Waals surface area (Å²) in [6, 6.07) is 11.9. The van der Waals surface area contributed by atoms with Crippen LogP contribution >= 0.6 is 0 Å². The normalized spacial score (nSPS) is 9.81. The first-order valence-electron chi connectivity index (χ1n) is 4.95. The van der Waals surface area contributed by atoms with Crippen molar-refractivity contribution in [3.8, 4) is 17.5 Å². The third-order valence-electron chi connectivity index (χ3n) is 2.27. The number of nitrogens with one attached hydrogen (secondary N) is 1. The molecule has 0 unspecified atom stereocenters. The molecular formula is C12H12N4. The molecule has 0 radical (unpaired) electrons. The van der Waals surface area contributed by atoms with Crippen molar-refractivity contribution < 1.29 is 0 Å². The van der Waals surface area contributed by atoms with Crippen molar-refractivity contribution in [1.82, 2.24) is 9.97 Å². The van der Waals surface area contributed by atoms with Gasteiger partial charge in [-0.2, -0.15) is 5.26 Å². The van der Waals surface area contributed by atoms with Gasteiger partial charge in [0.25, 0.3) is 0 Å². The van der Waals surface area contributed by atoms with Gasteiger partial charge in [0.05, 0.1) is 0 Å². The van der Waals surface area contributed by atoms with Crippen molar-refractivity contribution in [2.45, 2.75) is 0 Å². The van der Waals surface area contributed by atoms with Crippen LogP contribution in [0.2, 0.25) is 0 Å². The van der Waals surface area contributed by atoms with Crippen molar-refractivity contribution in [2.24, 2.45) is 0 Å². The van der Waals surface area contributed by atoms with E-state index in [4.69, 9.17) is 5.26 Å². The Hall–Kier alpha value is -2.28. The molecular weight excluding hydrogens is 200 g/mol. The lowest BCUT2D eigenvalue weighted by Crippen LogP contribution is -2.10. The molecule has 0 bridgehead atoms. The van der Waals surface area contributed by atoms with Gasteiger partial charge in [-0.1, -0.05) is 30.3 Å². The molecule has 1 aromatic carbocycles. The quantitative estimate of drug-likeness (QED) is 0.828. The molecule has 1 heterocycles. The Morgan fingerprint density at radius 3 is 2.44 bits per heavy atom. The Morgan fingerprint density at radius 2 is 1.94 bits per heavy atom. The van der Waals surface area contributed by atoms with E-state index in [1.807, 2.05) is 49.3 Å². The van der Waals surface area contributed by atoms with Gasteiger partial charge in [0.1, 0.15) is 11.9 Å². The zero-order valence-electron chi connectivity index (χ0n) is 9.23. The van der Waals surface area contributed by atoms with Gasteiger partial charge in [-0.05, 0) is 0 Å². The molecule has 0 amide bonds. The molecule has 0 saturated heterocycles. The second-order valence-corrected chi connectivity index (χ2v) is 3.66. The van der Waals surface area contributed by atoms with Crippen molar-refractivity contribution in [3.05, 3.63) is 36.0 Å². The van der Waals surface area contributed by atoms with Crippen LogP contribution in [0.3, 0.4) is 0 Å². The minimum absolute atomic E-state index is 0.490. The van der Waals surface area contributed by atoms with Crippen LogP contribution < -0.4 is 4.90 Å². The monoisotopic (exact) mass is 212 g/mol. The van der Waals surface area contributed by atoms with E-state index in [1.54, 1.807) is 0 Å². The summed E-state index contributed by atoms with van der Waals surface area (Å²) in [5, 5.41) is 8.98. The van der Waals surface area contributed by atoms with Crippen LogP contribution in [0.4, 0.5) is 5.82 Å². The average molecular weight is 212 g/mol. The van der Waals surface area contributed by atoms with Crippen molar-refractivity contribution in [1.29, 1.82) is 5.26 Å². The lowest BCUT2D eigenvalue weighted by molar-refractivity contribution is 1.08. The second kappa shape index (κ2) is 4.07. The SMILES string of the molecule is CN(C)c1nc(-c2ccccc2)[nH]c1C#N. The molecule has 0 aliphatic heterocycles. The molecule has 0 spiro atoms. The first kappa shape index (κ1) is 10.2. The maximum absolute atomic E-state index is 8.98. The molecule has 1 aromatic heterocycles. The molecule has 4 heteroatoms. The average Bonchev–Trinajstić information content (AvgIpc) is 2.74. The van der Waals surface area contributed by atoms with Crippen LogP contribution in [0.15, 0.2) is 30.3 Å². The zero-order chi connectivity index (χ0) is 11.5. The van der Waals surface area contributed by atoms with Crippen LogP contribution in [-0.4, -0.2) is 24.1 Å². The zero-order valence-corrected chi connectivity index (χ0v) is 9.23. The Balaban J connectivity index is 2.49. The topological polar surface area (TPSA) is 55.7 Å². The van der Waals surface area contributed by atoms with Gasteiger partial charge in [-0.25, -0.2) is 4.98 Å². The lowest BCUT2D eigenvalue weighted by Gasteiger charge is -2.07. The summed E-state index contributed by atoms with van der Waals surface area (Å²) in [5.41, 5.74) is 1.47. The fourth-order valence-corrected chi connectivity index (χ4v) is 1.50. The standard InChI is InChI=1S/C12H12N4/c1-16(2)12-10(8-13)14-11(15-12)9-6-4-3-5-7-9/h3-7H,1-2H3,(H,14,15). The predicted octanol–water partition coefficient (Wildman–Crippen LogP) is 2.01. The third kappa shape index (κ3) is 1.75. The summed E-state index contributed by atoms with van der Waals surface area (Å²) in [4.78, 5) is 9.23. The van der Waals surface area contributed by atoms with E-state index in [0.29, 0.717) is 11.5 Å². The molecule has 16 heavy (non-hydrogen) atoms. The molecule has 4 nitrogen and oxygen atoms in total. The number of aromatic amines is 1. The Kier molecular flexibility index (Phi) is 2.61. The number of aromatic nitrogens is 2. The summed E-state index contributed by atoms with van der Waals surface area (Å²) in [6.07, 6.45) is 0. The van der Waals surface area contributed by atoms with Crippen molar-refractivity contribution >= 4 is 5.82 Å². The lowest BCUT2D eigenvalue weighted by atomic mass is 10.2. The van der Waals surface area contributed by atoms with Gasteiger partial charge < -0.3 is 9.88 Å². The highest BCUT2D eigenvalue weighted by molar-refractivity contribution is 5.62. The number of H-pyrrole nitrogens is 1. The Labute approximate surface area is 94.2 Å². The van der Waals surface area contributed by atoms with Crippen molar-refractivity contribution in [3.63, 3.8) is 0 Å². The van der Waals surface area contributed by atoms with E-state index in [0.717, 1.165) is 11.4 Å². The van der Waals surface area contributed by atoms with E-state index < -0.39 is 0 Å². The van der Waals surface area contributed by atoms with Crippen LogP contribution in [-0.2, 0) is 0 Å². The summed E-state index contributed by atoms with van der Waals surface area (Å²) in [6.45, 7) is 0. The number of imidazole rings is 1. The third-order valence-corrected chi connectivity index (χ3v) is 2.27. The molecule has 80 valence electrons. The molecule has 0 aliphatic rings. The molecule has 2 aromatic rings. The number of benzene rings is 1. The smallest absolute Gasteiger partial charge is 0.165 e.